The van der Waals surface area contributed by atoms with Gasteiger partial charge in [-0.1, -0.05) is 60.1 Å². The van der Waals surface area contributed by atoms with E-state index in [-0.39, 0.29) is 45.5 Å². The molecule has 14 atom stereocenters. The summed E-state index contributed by atoms with van der Waals surface area (Å²) in [6.07, 6.45) is 6.08. The Morgan fingerprint density at radius 3 is 2.27 bits per heavy atom. The number of carbonyl (C=O) groups is 1. The summed E-state index contributed by atoms with van der Waals surface area (Å²) in [7, 11) is 0. The van der Waals surface area contributed by atoms with Crippen molar-refractivity contribution >= 4 is 5.91 Å². The van der Waals surface area contributed by atoms with Gasteiger partial charge >= 0.3 is 0 Å². The molecule has 5 aliphatic rings. The molecule has 5 aliphatic carbocycles. The van der Waals surface area contributed by atoms with E-state index in [2.05, 4.69) is 59.9 Å². The maximum Gasteiger partial charge on any atom is 0.228 e. The van der Waals surface area contributed by atoms with E-state index in [1.54, 1.807) is 0 Å². The molecule has 0 radical (unpaired) electrons. The Bertz CT molecular complexity index is 1140. The van der Waals surface area contributed by atoms with Gasteiger partial charge in [-0.15, -0.1) is 0 Å². The van der Waals surface area contributed by atoms with Crippen LogP contribution in [0, 0.1) is 56.7 Å². The number of carbonyl (C=O) groups excluding carboxylic acids is 1. The van der Waals surface area contributed by atoms with Crippen LogP contribution in [0.4, 0.5) is 0 Å². The van der Waals surface area contributed by atoms with Gasteiger partial charge in [-0.25, -0.2) is 0 Å². The normalized spacial score (nSPS) is 46.6. The predicted molar refractivity (Wildman–Crippen MR) is 174 cm³/mol. The molecule has 8 heteroatoms. The molecule has 0 aromatic rings. The van der Waals surface area contributed by atoms with E-state index in [1.165, 1.54) is 12.5 Å². The fourth-order valence-corrected chi connectivity index (χ4v) is 12.0. The smallest absolute Gasteiger partial charge is 0.228 e. The summed E-state index contributed by atoms with van der Waals surface area (Å²) in [5.41, 5.74) is 0.835. The highest BCUT2D eigenvalue weighted by Gasteiger charge is 2.69. The van der Waals surface area contributed by atoms with Crippen molar-refractivity contribution in [1.29, 1.82) is 0 Å². The van der Waals surface area contributed by atoms with Crippen LogP contribution in [0.3, 0.4) is 0 Å². The second kappa shape index (κ2) is 12.1. The lowest BCUT2D eigenvalue weighted by molar-refractivity contribution is -0.205. The third-order valence-electron chi connectivity index (χ3n) is 15.3. The first-order valence-corrected chi connectivity index (χ1v) is 17.9. The topological polar surface area (TPSA) is 139 Å². The number of amides is 1. The van der Waals surface area contributed by atoms with Crippen LogP contribution in [-0.2, 0) is 9.53 Å². The van der Waals surface area contributed by atoms with Crippen molar-refractivity contribution in [2.75, 3.05) is 13.2 Å². The van der Waals surface area contributed by atoms with E-state index in [1.807, 2.05) is 0 Å². The molecule has 0 spiro atoms. The maximum absolute atomic E-state index is 14.6. The van der Waals surface area contributed by atoms with Gasteiger partial charge in [-0.3, -0.25) is 4.79 Å². The molecule has 5 unspecified atom stereocenters. The highest BCUT2D eigenvalue weighted by atomic mass is 16.5. The van der Waals surface area contributed by atoms with E-state index in [0.717, 1.165) is 57.8 Å². The van der Waals surface area contributed by atoms with E-state index < -0.39 is 43.2 Å². The van der Waals surface area contributed by atoms with Gasteiger partial charge in [0.15, 0.2) is 6.23 Å². The van der Waals surface area contributed by atoms with Gasteiger partial charge < -0.3 is 35.6 Å². The highest BCUT2D eigenvalue weighted by Crippen LogP contribution is 2.75. The SMILES string of the molecule is C[C@H](O)C(CO)OC(NC(=O)[C@]12CC[C@@H](C)[C@H](C)C1C1=CCC3[C@@]4(C)CC[C@H](O)C(C)(C)C4CC[C@@]3(C)[C@]1(C)CC2)[C@H](O)CO. The summed E-state index contributed by atoms with van der Waals surface area (Å²) in [5.74, 6) is 1.62. The predicted octanol–water partition coefficient (Wildman–Crippen LogP) is 4.56. The third kappa shape index (κ3) is 5.18. The van der Waals surface area contributed by atoms with E-state index in [0.29, 0.717) is 17.8 Å². The maximum atomic E-state index is 14.6. The van der Waals surface area contributed by atoms with Crippen molar-refractivity contribution in [2.24, 2.45) is 56.7 Å². The van der Waals surface area contributed by atoms with Crippen molar-refractivity contribution in [1.82, 2.24) is 5.32 Å². The van der Waals surface area contributed by atoms with Crippen molar-refractivity contribution < 1.29 is 35.1 Å². The quantitative estimate of drug-likeness (QED) is 0.170. The zero-order valence-corrected chi connectivity index (χ0v) is 29.2. The Morgan fingerprint density at radius 2 is 1.64 bits per heavy atom. The fraction of sp³-hybridized carbons (Fsp3) is 0.919. The molecule has 0 heterocycles. The number of nitrogens with one attached hydrogen (secondary N) is 1. The van der Waals surface area contributed by atoms with Crippen molar-refractivity contribution in [2.45, 2.75) is 144 Å². The molecule has 5 rings (SSSR count). The lowest BCUT2D eigenvalue weighted by Crippen LogP contribution is -2.66. The van der Waals surface area contributed by atoms with Gasteiger partial charge in [-0.2, -0.15) is 0 Å². The zero-order chi connectivity index (χ0) is 33.3. The summed E-state index contributed by atoms with van der Waals surface area (Å²) in [4.78, 5) is 14.6. The average molecular weight is 634 g/mol. The number of rotatable bonds is 8. The molecular weight excluding hydrogens is 570 g/mol. The largest absolute Gasteiger partial charge is 0.394 e. The summed E-state index contributed by atoms with van der Waals surface area (Å²) < 4.78 is 5.82. The molecule has 4 saturated carbocycles. The fourth-order valence-electron chi connectivity index (χ4n) is 12.0. The number of fused-ring (bicyclic) bond motifs is 7. The molecular formula is C37H63NO7. The number of ether oxygens (including phenoxy) is 1. The van der Waals surface area contributed by atoms with Gasteiger partial charge in [0.1, 0.15) is 12.2 Å². The van der Waals surface area contributed by atoms with Crippen LogP contribution in [0.2, 0.25) is 0 Å². The molecule has 6 N–H and O–H groups in total. The monoisotopic (exact) mass is 633 g/mol. The minimum absolute atomic E-state index is 0.0465. The second-order valence-electron chi connectivity index (χ2n) is 17.4. The average Bonchev–Trinajstić information content (AvgIpc) is 2.98. The summed E-state index contributed by atoms with van der Waals surface area (Å²) in [5, 5.41) is 54.4. The molecule has 1 amide bonds. The Morgan fingerprint density at radius 1 is 0.956 bits per heavy atom. The van der Waals surface area contributed by atoms with Crippen molar-refractivity contribution in [3.05, 3.63) is 11.6 Å². The highest BCUT2D eigenvalue weighted by molar-refractivity contribution is 5.84. The van der Waals surface area contributed by atoms with Gasteiger partial charge in [-0.05, 0) is 116 Å². The van der Waals surface area contributed by atoms with Crippen LogP contribution in [0.15, 0.2) is 11.6 Å². The van der Waals surface area contributed by atoms with Crippen LogP contribution in [0.25, 0.3) is 0 Å². The third-order valence-corrected chi connectivity index (χ3v) is 15.3. The van der Waals surface area contributed by atoms with Gasteiger partial charge in [0.2, 0.25) is 5.91 Å². The van der Waals surface area contributed by atoms with E-state index in [9.17, 15) is 30.3 Å². The molecule has 0 aromatic heterocycles. The molecule has 45 heavy (non-hydrogen) atoms. The summed E-state index contributed by atoms with van der Waals surface area (Å²) in [6.45, 7) is 17.1. The first-order valence-electron chi connectivity index (χ1n) is 17.9. The van der Waals surface area contributed by atoms with Crippen LogP contribution >= 0.6 is 0 Å². The molecule has 8 nitrogen and oxygen atoms in total. The first-order chi connectivity index (χ1) is 20.9. The standard InChI is InChI=1S/C37H63NO7/c1-21-11-16-37(32(44)38-31(25(42)19-39)45-26(20-40)23(3)41)18-17-35(7)24(30(37)22(21)2)9-10-28-34(6)14-13-29(43)33(4,5)27(34)12-15-36(28,35)8/h9,21-23,25-31,39-43H,10-20H2,1-8H3,(H,38,44)/t21-,22+,23+,25-,26?,27?,28?,29+,30?,31?,34+,35-,36-,37+/m1/s1. The number of aliphatic hydroxyl groups is 5. The van der Waals surface area contributed by atoms with Crippen LogP contribution in [0.1, 0.15) is 113 Å². The number of hydrogen-bond acceptors (Lipinski definition) is 7. The van der Waals surface area contributed by atoms with E-state index in [4.69, 9.17) is 4.74 Å². The van der Waals surface area contributed by atoms with Crippen molar-refractivity contribution in [3.63, 3.8) is 0 Å². The molecule has 0 bridgehead atoms. The molecule has 0 saturated heterocycles. The minimum Gasteiger partial charge on any atom is -0.394 e. The summed E-state index contributed by atoms with van der Waals surface area (Å²) in [6, 6.07) is 0. The number of allylic oxidation sites excluding steroid dienone is 2. The lowest BCUT2D eigenvalue weighted by Gasteiger charge is -2.71. The van der Waals surface area contributed by atoms with Crippen LogP contribution in [-0.4, -0.2) is 75.3 Å². The second-order valence-corrected chi connectivity index (χ2v) is 17.4. The van der Waals surface area contributed by atoms with Crippen LogP contribution < -0.4 is 5.32 Å². The van der Waals surface area contributed by atoms with Gasteiger partial charge in [0, 0.05) is 0 Å². The Hall–Kier alpha value is -1.03. The molecule has 0 aliphatic heterocycles. The lowest BCUT2D eigenvalue weighted by atomic mass is 9.33. The summed E-state index contributed by atoms with van der Waals surface area (Å²) >= 11 is 0. The Kier molecular flexibility index (Phi) is 9.52. The molecule has 4 fully saturated rings. The number of hydrogen-bond donors (Lipinski definition) is 6. The minimum atomic E-state index is -1.40. The van der Waals surface area contributed by atoms with Crippen molar-refractivity contribution in [3.8, 4) is 0 Å². The molecule has 258 valence electrons. The van der Waals surface area contributed by atoms with Gasteiger partial charge in [0.25, 0.3) is 0 Å². The Labute approximate surface area is 271 Å². The number of aliphatic hydroxyl groups excluding tert-OH is 5. The molecule has 0 aromatic carbocycles. The van der Waals surface area contributed by atoms with Crippen LogP contribution in [0.5, 0.6) is 0 Å². The first kappa shape index (κ1) is 35.3. The Balaban J connectivity index is 1.52. The van der Waals surface area contributed by atoms with E-state index >= 15 is 0 Å². The van der Waals surface area contributed by atoms with Gasteiger partial charge in [0.05, 0.1) is 30.8 Å². The zero-order valence-electron chi connectivity index (χ0n) is 29.2.